The molecule has 122 valence electrons. The van der Waals surface area contributed by atoms with Gasteiger partial charge >= 0.3 is 0 Å². The van der Waals surface area contributed by atoms with Crippen molar-refractivity contribution in [1.82, 2.24) is 4.98 Å². The molecular formula is C18H16N2O4. The maximum Gasteiger partial charge on any atom is 0.231 e. The van der Waals surface area contributed by atoms with Crippen molar-refractivity contribution >= 4 is 10.9 Å². The summed E-state index contributed by atoms with van der Waals surface area (Å²) in [7, 11) is 0. The summed E-state index contributed by atoms with van der Waals surface area (Å²) in [5.74, 6) is 0.957. The van der Waals surface area contributed by atoms with E-state index in [0.717, 1.165) is 27.7 Å². The van der Waals surface area contributed by atoms with Crippen LogP contribution in [0.2, 0.25) is 0 Å². The van der Waals surface area contributed by atoms with E-state index in [9.17, 15) is 10.1 Å². The Hall–Kier alpha value is -3.02. The number of hydrogen-bond donors (Lipinski definition) is 1. The molecule has 2 heterocycles. The first kappa shape index (κ1) is 14.6. The van der Waals surface area contributed by atoms with Crippen LogP contribution in [0.3, 0.4) is 0 Å². The van der Waals surface area contributed by atoms with Crippen molar-refractivity contribution in [1.29, 1.82) is 0 Å². The average molecular weight is 324 g/mol. The molecule has 2 aromatic carbocycles. The highest BCUT2D eigenvalue weighted by molar-refractivity contribution is 5.85. The van der Waals surface area contributed by atoms with Gasteiger partial charge < -0.3 is 14.5 Å². The van der Waals surface area contributed by atoms with Crippen LogP contribution in [0.4, 0.5) is 0 Å². The Morgan fingerprint density at radius 1 is 1.21 bits per heavy atom. The highest BCUT2D eigenvalue weighted by atomic mass is 16.7. The molecule has 0 fully saturated rings. The predicted octanol–water partition coefficient (Wildman–Crippen LogP) is 3.61. The summed E-state index contributed by atoms with van der Waals surface area (Å²) in [5, 5.41) is 12.3. The Morgan fingerprint density at radius 2 is 2.00 bits per heavy atom. The molecule has 0 amide bonds. The SMILES string of the molecule is Cc1[nH]c2ccccc2c1[C@H](C[N+](=O)[O-])c1ccc2c(c1)OCO2. The van der Waals surface area contributed by atoms with Crippen LogP contribution in [0.5, 0.6) is 11.5 Å². The molecule has 6 nitrogen and oxygen atoms in total. The van der Waals surface area contributed by atoms with Gasteiger partial charge in [-0.05, 0) is 36.2 Å². The van der Waals surface area contributed by atoms with Gasteiger partial charge in [0.1, 0.15) is 0 Å². The van der Waals surface area contributed by atoms with Gasteiger partial charge in [-0.2, -0.15) is 0 Å². The van der Waals surface area contributed by atoms with Crippen LogP contribution in [0, 0.1) is 17.0 Å². The lowest BCUT2D eigenvalue weighted by Crippen LogP contribution is -2.14. The molecule has 0 saturated heterocycles. The number of benzene rings is 2. The van der Waals surface area contributed by atoms with E-state index in [-0.39, 0.29) is 24.2 Å². The van der Waals surface area contributed by atoms with E-state index in [1.165, 1.54) is 0 Å². The molecule has 6 heteroatoms. The van der Waals surface area contributed by atoms with Gasteiger partial charge in [0.05, 0.1) is 5.92 Å². The number of aromatic nitrogens is 1. The zero-order valence-corrected chi connectivity index (χ0v) is 13.1. The molecule has 1 aliphatic heterocycles. The van der Waals surface area contributed by atoms with Crippen molar-refractivity contribution in [2.75, 3.05) is 13.3 Å². The van der Waals surface area contributed by atoms with Gasteiger partial charge in [0.15, 0.2) is 11.5 Å². The normalized spacial score (nSPS) is 14.0. The fraction of sp³-hybridized carbons (Fsp3) is 0.222. The van der Waals surface area contributed by atoms with E-state index in [0.29, 0.717) is 11.5 Å². The van der Waals surface area contributed by atoms with Crippen LogP contribution in [0.15, 0.2) is 42.5 Å². The molecule has 3 aromatic rings. The van der Waals surface area contributed by atoms with Gasteiger partial charge in [-0.1, -0.05) is 24.3 Å². The van der Waals surface area contributed by atoms with E-state index in [1.54, 1.807) is 0 Å². The predicted molar refractivity (Wildman–Crippen MR) is 89.3 cm³/mol. The molecular weight excluding hydrogens is 308 g/mol. The van der Waals surface area contributed by atoms with E-state index in [2.05, 4.69) is 4.98 Å². The summed E-state index contributed by atoms with van der Waals surface area (Å²) < 4.78 is 10.8. The number of para-hydroxylation sites is 1. The van der Waals surface area contributed by atoms with Crippen molar-refractivity contribution in [3.8, 4) is 11.5 Å². The number of rotatable bonds is 4. The molecule has 0 unspecified atom stereocenters. The molecule has 4 rings (SSSR count). The van der Waals surface area contributed by atoms with Gasteiger partial charge in [0, 0.05) is 21.5 Å². The molecule has 1 aliphatic rings. The van der Waals surface area contributed by atoms with Crippen molar-refractivity contribution in [3.63, 3.8) is 0 Å². The maximum absolute atomic E-state index is 11.3. The van der Waals surface area contributed by atoms with E-state index in [4.69, 9.17) is 9.47 Å². The Kier molecular flexibility index (Phi) is 3.37. The van der Waals surface area contributed by atoms with Crippen LogP contribution in [-0.4, -0.2) is 23.2 Å². The minimum atomic E-state index is -0.356. The molecule has 0 bridgehead atoms. The first-order chi connectivity index (χ1) is 11.6. The van der Waals surface area contributed by atoms with Crippen LogP contribution < -0.4 is 9.47 Å². The number of ether oxygens (including phenoxy) is 2. The summed E-state index contributed by atoms with van der Waals surface area (Å²) >= 11 is 0. The van der Waals surface area contributed by atoms with Gasteiger partial charge in [0.2, 0.25) is 13.3 Å². The first-order valence-corrected chi connectivity index (χ1v) is 7.72. The molecule has 24 heavy (non-hydrogen) atoms. The quantitative estimate of drug-likeness (QED) is 0.587. The lowest BCUT2D eigenvalue weighted by atomic mass is 9.89. The third-order valence-corrected chi connectivity index (χ3v) is 4.42. The van der Waals surface area contributed by atoms with Gasteiger partial charge in [-0.25, -0.2) is 0 Å². The van der Waals surface area contributed by atoms with Crippen molar-refractivity contribution in [3.05, 3.63) is 69.4 Å². The topological polar surface area (TPSA) is 77.4 Å². The van der Waals surface area contributed by atoms with Gasteiger partial charge in [-0.15, -0.1) is 0 Å². The van der Waals surface area contributed by atoms with Gasteiger partial charge in [0.25, 0.3) is 0 Å². The van der Waals surface area contributed by atoms with Crippen molar-refractivity contribution < 1.29 is 14.4 Å². The lowest BCUT2D eigenvalue weighted by Gasteiger charge is -2.15. The fourth-order valence-corrected chi connectivity index (χ4v) is 3.39. The summed E-state index contributed by atoms with van der Waals surface area (Å²) in [5.41, 5.74) is 3.74. The number of aryl methyl sites for hydroxylation is 1. The minimum absolute atomic E-state index is 0.178. The van der Waals surface area contributed by atoms with Crippen molar-refractivity contribution in [2.45, 2.75) is 12.8 Å². The molecule has 0 spiro atoms. The van der Waals surface area contributed by atoms with E-state index >= 15 is 0 Å². The molecule has 0 saturated carbocycles. The Morgan fingerprint density at radius 3 is 2.83 bits per heavy atom. The Balaban J connectivity index is 1.87. The molecule has 1 N–H and O–H groups in total. The average Bonchev–Trinajstić information content (AvgIpc) is 3.15. The van der Waals surface area contributed by atoms with E-state index in [1.807, 2.05) is 49.4 Å². The summed E-state index contributed by atoms with van der Waals surface area (Å²) in [6, 6.07) is 13.4. The first-order valence-electron chi connectivity index (χ1n) is 7.72. The number of fused-ring (bicyclic) bond motifs is 2. The summed E-state index contributed by atoms with van der Waals surface area (Å²) in [6.45, 7) is 1.96. The zero-order valence-electron chi connectivity index (χ0n) is 13.1. The van der Waals surface area contributed by atoms with Crippen LogP contribution >= 0.6 is 0 Å². The fourth-order valence-electron chi connectivity index (χ4n) is 3.39. The third kappa shape index (κ3) is 2.36. The number of H-pyrrole nitrogens is 1. The zero-order chi connectivity index (χ0) is 16.7. The number of nitrogens with one attached hydrogen (secondary N) is 1. The number of nitrogens with zero attached hydrogens (tertiary/aromatic N) is 1. The second kappa shape index (κ2) is 5.56. The van der Waals surface area contributed by atoms with Crippen molar-refractivity contribution in [2.24, 2.45) is 0 Å². The minimum Gasteiger partial charge on any atom is -0.454 e. The smallest absolute Gasteiger partial charge is 0.231 e. The third-order valence-electron chi connectivity index (χ3n) is 4.42. The van der Waals surface area contributed by atoms with Crippen LogP contribution in [0.25, 0.3) is 10.9 Å². The largest absolute Gasteiger partial charge is 0.454 e. The monoisotopic (exact) mass is 324 g/mol. The lowest BCUT2D eigenvalue weighted by molar-refractivity contribution is -0.481. The highest BCUT2D eigenvalue weighted by Crippen LogP contribution is 2.39. The maximum atomic E-state index is 11.3. The molecule has 1 aromatic heterocycles. The van der Waals surface area contributed by atoms with Crippen LogP contribution in [0.1, 0.15) is 22.7 Å². The van der Waals surface area contributed by atoms with Gasteiger partial charge in [-0.3, -0.25) is 10.1 Å². The van der Waals surface area contributed by atoms with Crippen LogP contribution in [-0.2, 0) is 0 Å². The second-order valence-electron chi connectivity index (χ2n) is 5.89. The molecule has 0 aliphatic carbocycles. The highest BCUT2D eigenvalue weighted by Gasteiger charge is 2.27. The Labute approximate surface area is 138 Å². The number of aromatic amines is 1. The summed E-state index contributed by atoms with van der Waals surface area (Å²) in [6.07, 6.45) is 0. The number of nitro groups is 1. The van der Waals surface area contributed by atoms with E-state index < -0.39 is 0 Å². The number of hydrogen-bond acceptors (Lipinski definition) is 4. The molecule has 1 atom stereocenters. The summed E-state index contributed by atoms with van der Waals surface area (Å²) in [4.78, 5) is 14.4. The molecule has 0 radical (unpaired) electrons. The second-order valence-corrected chi connectivity index (χ2v) is 5.89. The standard InChI is InChI=1S/C18H16N2O4/c1-11-18(13-4-2-3-5-15(13)19-11)14(9-20(21)22)12-6-7-16-17(8-12)24-10-23-16/h2-8,14,19H,9-10H2,1H3/t14-/m1/s1. The Bertz CT molecular complexity index is 932.